The van der Waals surface area contributed by atoms with E-state index in [1.807, 2.05) is 117 Å². The second-order valence-electron chi connectivity index (χ2n) is 10.8. The molecule has 1 aromatic heterocycles. The Balaban J connectivity index is 1.50. The number of nitrogens with zero attached hydrogens (tertiary/aromatic N) is 3. The number of likely N-dealkylation sites (N-methyl/N-ethyl adjacent to an activating group) is 1. The van der Waals surface area contributed by atoms with Gasteiger partial charge in [-0.1, -0.05) is 77.9 Å². The van der Waals surface area contributed by atoms with Crippen molar-refractivity contribution in [3.05, 3.63) is 126 Å². The summed E-state index contributed by atoms with van der Waals surface area (Å²) in [6.07, 6.45) is 2.23. The number of aromatic nitrogens is 1. The molecule has 4 aromatic carbocycles. The van der Waals surface area contributed by atoms with Gasteiger partial charge in [-0.25, -0.2) is 0 Å². The Hall–Kier alpha value is -5.15. The number of hydrogen-bond donors (Lipinski definition) is 1. The van der Waals surface area contributed by atoms with Crippen molar-refractivity contribution in [1.82, 2.24) is 9.88 Å². The largest absolute Gasteiger partial charge is 0.361 e. The number of rotatable bonds is 8. The minimum absolute atomic E-state index is 0.243. The molecule has 0 aliphatic rings. The van der Waals surface area contributed by atoms with Gasteiger partial charge in [-0.3, -0.25) is 14.5 Å². The lowest BCUT2D eigenvalue weighted by Crippen LogP contribution is -2.51. The van der Waals surface area contributed by atoms with Gasteiger partial charge < -0.3 is 9.88 Å². The fourth-order valence-corrected chi connectivity index (χ4v) is 5.45. The lowest BCUT2D eigenvalue weighted by Gasteiger charge is -2.33. The molecule has 1 N–H and O–H groups in total. The summed E-state index contributed by atoms with van der Waals surface area (Å²) >= 11 is 0. The number of aromatic amines is 1. The van der Waals surface area contributed by atoms with Crippen molar-refractivity contribution in [2.75, 3.05) is 11.9 Å². The van der Waals surface area contributed by atoms with Crippen molar-refractivity contribution >= 4 is 28.4 Å². The van der Waals surface area contributed by atoms with Crippen LogP contribution < -0.4 is 4.90 Å². The maximum absolute atomic E-state index is 14.3. The molecule has 0 spiro atoms. The van der Waals surface area contributed by atoms with E-state index in [-0.39, 0.29) is 11.8 Å². The molecule has 6 heteroatoms. The van der Waals surface area contributed by atoms with E-state index >= 15 is 0 Å². The van der Waals surface area contributed by atoms with Crippen LogP contribution in [-0.4, -0.2) is 40.8 Å². The number of carbonyl (C=O) groups excluding carboxylic acids is 2. The molecule has 2 atom stereocenters. The van der Waals surface area contributed by atoms with Crippen molar-refractivity contribution in [1.29, 1.82) is 5.26 Å². The molecular formula is C36H34N4O2. The third-order valence-electron chi connectivity index (χ3n) is 7.77. The van der Waals surface area contributed by atoms with Crippen LogP contribution in [0.2, 0.25) is 0 Å². The van der Waals surface area contributed by atoms with Gasteiger partial charge in [0.15, 0.2) is 0 Å². The van der Waals surface area contributed by atoms with Gasteiger partial charge in [0.2, 0.25) is 0 Å². The molecule has 42 heavy (non-hydrogen) atoms. The lowest BCUT2D eigenvalue weighted by atomic mass is 10.0. The SMILES string of the molecule is Cc1cc(C)cc(C(=O)N(C)[C@@H](C)C(=O)N(c2ccc(-c3ccccc3)cc2)[C@H](C#N)Cc2c[nH]c3ccccc23)c1. The van der Waals surface area contributed by atoms with Crippen molar-refractivity contribution in [2.24, 2.45) is 0 Å². The van der Waals surface area contributed by atoms with Gasteiger partial charge in [-0.2, -0.15) is 5.26 Å². The zero-order valence-corrected chi connectivity index (χ0v) is 24.3. The Kier molecular flexibility index (Phi) is 8.21. The number of hydrogen-bond acceptors (Lipinski definition) is 3. The zero-order valence-electron chi connectivity index (χ0n) is 24.3. The molecule has 0 bridgehead atoms. The number of para-hydroxylation sites is 1. The molecule has 0 aliphatic heterocycles. The molecule has 0 saturated carbocycles. The van der Waals surface area contributed by atoms with Crippen molar-refractivity contribution in [3.63, 3.8) is 0 Å². The van der Waals surface area contributed by atoms with E-state index in [0.717, 1.165) is 38.7 Å². The summed E-state index contributed by atoms with van der Waals surface area (Å²) in [4.78, 5) is 34.0. The first-order valence-corrected chi connectivity index (χ1v) is 14.1. The van der Waals surface area contributed by atoms with Gasteiger partial charge in [-0.15, -0.1) is 0 Å². The minimum Gasteiger partial charge on any atom is -0.361 e. The molecule has 5 rings (SSSR count). The fraction of sp³-hybridized carbons (Fsp3) is 0.194. The summed E-state index contributed by atoms with van der Waals surface area (Å²) in [5.41, 5.74) is 7.08. The van der Waals surface area contributed by atoms with Crippen LogP contribution in [0.5, 0.6) is 0 Å². The van der Waals surface area contributed by atoms with E-state index < -0.39 is 12.1 Å². The molecule has 0 saturated heterocycles. The standard InChI is InChI=1S/C36H34N4O2/c1-24-18-25(2)20-29(19-24)36(42)39(4)26(3)35(41)40(31-16-14-28(15-17-31)27-10-6-5-7-11-27)32(22-37)21-30-23-38-34-13-9-8-12-33(30)34/h5-20,23,26,32,38H,21H2,1-4H3/t26-,32-/m0/s1. The predicted octanol–water partition coefficient (Wildman–Crippen LogP) is 7.08. The quantitative estimate of drug-likeness (QED) is 0.223. The normalized spacial score (nSPS) is 12.4. The maximum Gasteiger partial charge on any atom is 0.254 e. The van der Waals surface area contributed by atoms with E-state index in [4.69, 9.17) is 0 Å². The Labute approximate surface area is 246 Å². The summed E-state index contributed by atoms with van der Waals surface area (Å²) in [5.74, 6) is -0.568. The second-order valence-corrected chi connectivity index (χ2v) is 10.8. The summed E-state index contributed by atoms with van der Waals surface area (Å²) in [6, 6.07) is 32.0. The molecule has 1 heterocycles. The molecule has 210 valence electrons. The average Bonchev–Trinajstić information content (AvgIpc) is 3.42. The van der Waals surface area contributed by atoms with Crippen LogP contribution in [0, 0.1) is 25.2 Å². The molecule has 0 unspecified atom stereocenters. The number of benzene rings is 4. The Bertz CT molecular complexity index is 1750. The number of nitrogens with one attached hydrogen (secondary N) is 1. The van der Waals surface area contributed by atoms with Crippen LogP contribution in [-0.2, 0) is 11.2 Å². The summed E-state index contributed by atoms with van der Waals surface area (Å²) in [5, 5.41) is 11.5. The monoisotopic (exact) mass is 554 g/mol. The molecule has 0 radical (unpaired) electrons. The third kappa shape index (κ3) is 5.82. The molecule has 2 amide bonds. The average molecular weight is 555 g/mol. The van der Waals surface area contributed by atoms with E-state index in [9.17, 15) is 14.9 Å². The highest BCUT2D eigenvalue weighted by Crippen LogP contribution is 2.28. The lowest BCUT2D eigenvalue weighted by molar-refractivity contribution is -0.122. The number of nitriles is 1. The number of amides is 2. The first kappa shape index (κ1) is 28.4. The van der Waals surface area contributed by atoms with Gasteiger partial charge in [0.25, 0.3) is 11.8 Å². The van der Waals surface area contributed by atoms with Crippen LogP contribution in [0.15, 0.2) is 103 Å². The van der Waals surface area contributed by atoms with Gasteiger partial charge in [-0.05, 0) is 67.8 Å². The fourth-order valence-electron chi connectivity index (χ4n) is 5.45. The maximum atomic E-state index is 14.3. The molecule has 5 aromatic rings. The molecular weight excluding hydrogens is 520 g/mol. The molecule has 0 fully saturated rings. The van der Waals surface area contributed by atoms with Gasteiger partial charge in [0, 0.05) is 41.8 Å². The van der Waals surface area contributed by atoms with Crippen LogP contribution in [0.1, 0.15) is 34.0 Å². The molecule has 6 nitrogen and oxygen atoms in total. The second kappa shape index (κ2) is 12.2. The molecule has 0 aliphatic carbocycles. The number of anilines is 1. The highest BCUT2D eigenvalue weighted by Gasteiger charge is 2.33. The number of carbonyl (C=O) groups is 2. The Morgan fingerprint density at radius 2 is 1.48 bits per heavy atom. The van der Waals surface area contributed by atoms with Crippen LogP contribution in [0.3, 0.4) is 0 Å². The predicted molar refractivity (Wildman–Crippen MR) is 168 cm³/mol. The Morgan fingerprint density at radius 1 is 0.857 bits per heavy atom. The number of fused-ring (bicyclic) bond motifs is 1. The van der Waals surface area contributed by atoms with E-state index in [1.165, 1.54) is 4.90 Å². The van der Waals surface area contributed by atoms with Crippen molar-refractivity contribution in [2.45, 2.75) is 39.3 Å². The van der Waals surface area contributed by atoms with E-state index in [2.05, 4.69) is 11.1 Å². The van der Waals surface area contributed by atoms with Gasteiger partial charge in [0.1, 0.15) is 12.1 Å². The first-order chi connectivity index (χ1) is 20.3. The van der Waals surface area contributed by atoms with Crippen molar-refractivity contribution in [3.8, 4) is 17.2 Å². The number of aryl methyl sites for hydroxylation is 2. The van der Waals surface area contributed by atoms with Crippen LogP contribution in [0.25, 0.3) is 22.0 Å². The third-order valence-corrected chi connectivity index (χ3v) is 7.77. The summed E-state index contributed by atoms with van der Waals surface area (Å²) in [7, 11) is 1.64. The zero-order chi connectivity index (χ0) is 29.8. The van der Waals surface area contributed by atoms with E-state index in [0.29, 0.717) is 17.7 Å². The Morgan fingerprint density at radius 3 is 2.14 bits per heavy atom. The summed E-state index contributed by atoms with van der Waals surface area (Å²) < 4.78 is 0. The highest BCUT2D eigenvalue weighted by atomic mass is 16.2. The first-order valence-electron chi connectivity index (χ1n) is 14.1. The topological polar surface area (TPSA) is 80.2 Å². The van der Waals surface area contributed by atoms with E-state index in [1.54, 1.807) is 18.9 Å². The summed E-state index contributed by atoms with van der Waals surface area (Å²) in [6.45, 7) is 5.61. The van der Waals surface area contributed by atoms with Crippen molar-refractivity contribution < 1.29 is 9.59 Å². The van der Waals surface area contributed by atoms with Crippen LogP contribution >= 0.6 is 0 Å². The smallest absolute Gasteiger partial charge is 0.254 e. The minimum atomic E-state index is -0.814. The number of H-pyrrole nitrogens is 1. The van der Waals surface area contributed by atoms with Gasteiger partial charge in [0.05, 0.1) is 6.07 Å². The van der Waals surface area contributed by atoms with Crippen LogP contribution in [0.4, 0.5) is 5.69 Å². The van der Waals surface area contributed by atoms with Gasteiger partial charge >= 0.3 is 0 Å². The highest BCUT2D eigenvalue weighted by molar-refractivity contribution is 6.03.